The van der Waals surface area contributed by atoms with Crippen LogP contribution in [0.5, 0.6) is 0 Å². The van der Waals surface area contributed by atoms with Crippen LogP contribution in [0.4, 0.5) is 5.69 Å². The summed E-state index contributed by atoms with van der Waals surface area (Å²) in [5.41, 5.74) is 0.564. The topological polar surface area (TPSA) is 90.9 Å². The molecule has 1 atom stereocenters. The molecule has 0 saturated carbocycles. The third-order valence-electron chi connectivity index (χ3n) is 2.18. The molecule has 0 radical (unpaired) electrons. The first-order valence-corrected chi connectivity index (χ1v) is 7.03. The Labute approximate surface area is 113 Å². The van der Waals surface area contributed by atoms with Crippen molar-refractivity contribution in [3.05, 3.63) is 39.1 Å². The highest BCUT2D eigenvalue weighted by Gasteiger charge is 2.15. The molecule has 0 bridgehead atoms. The number of hydrogen-bond acceptors (Lipinski definition) is 5. The van der Waals surface area contributed by atoms with E-state index >= 15 is 0 Å². The molecule has 2 rings (SSSR count). The predicted molar refractivity (Wildman–Crippen MR) is 68.0 cm³/mol. The van der Waals surface area contributed by atoms with Gasteiger partial charge in [-0.3, -0.25) is 18.9 Å². The summed E-state index contributed by atoms with van der Waals surface area (Å²) in [5.74, 6) is 0. The van der Waals surface area contributed by atoms with Gasteiger partial charge >= 0.3 is 0 Å². The van der Waals surface area contributed by atoms with Gasteiger partial charge in [-0.25, -0.2) is 0 Å². The fraction of sp³-hybridized carbons (Fsp3) is 0.111. The summed E-state index contributed by atoms with van der Waals surface area (Å²) in [5, 5.41) is 18.3. The number of aromatic nitrogens is 3. The Kier molecular flexibility index (Phi) is 3.53. The molecule has 1 aromatic heterocycles. The molecule has 1 heterocycles. The van der Waals surface area contributed by atoms with Gasteiger partial charge in [0.15, 0.2) is 0 Å². The van der Waals surface area contributed by atoms with E-state index in [1.807, 2.05) is 0 Å². The number of benzene rings is 1. The minimum atomic E-state index is -1.30. The van der Waals surface area contributed by atoms with Crippen molar-refractivity contribution in [2.24, 2.45) is 0 Å². The second kappa shape index (κ2) is 4.94. The molecule has 9 heteroatoms. The average molecular weight is 331 g/mol. The third kappa shape index (κ3) is 2.31. The predicted octanol–water partition coefficient (Wildman–Crippen LogP) is 1.68. The Morgan fingerprint density at radius 3 is 2.78 bits per heavy atom. The fourth-order valence-corrected chi connectivity index (χ4v) is 2.53. The monoisotopic (exact) mass is 330 g/mol. The number of nitrogens with zero attached hydrogens (tertiary/aromatic N) is 4. The molecule has 2 aromatic rings. The summed E-state index contributed by atoms with van der Waals surface area (Å²) in [4.78, 5) is 10.1. The second-order valence-corrected chi connectivity index (χ2v) is 5.46. The van der Waals surface area contributed by atoms with Gasteiger partial charge in [0, 0.05) is 22.9 Å². The Hall–Kier alpha value is -1.61. The van der Waals surface area contributed by atoms with Crippen molar-refractivity contribution in [3.63, 3.8) is 0 Å². The van der Waals surface area contributed by atoms with Gasteiger partial charge in [-0.2, -0.15) is 0 Å². The lowest BCUT2D eigenvalue weighted by molar-refractivity contribution is -0.384. The molecule has 18 heavy (non-hydrogen) atoms. The summed E-state index contributed by atoms with van der Waals surface area (Å²) in [7, 11) is -1.30. The van der Waals surface area contributed by atoms with Crippen molar-refractivity contribution >= 4 is 32.4 Å². The van der Waals surface area contributed by atoms with Crippen molar-refractivity contribution < 1.29 is 9.13 Å². The quantitative estimate of drug-likeness (QED) is 0.630. The third-order valence-corrected chi connectivity index (χ3v) is 3.60. The molecule has 0 spiro atoms. The first kappa shape index (κ1) is 12.8. The van der Waals surface area contributed by atoms with Crippen molar-refractivity contribution in [1.29, 1.82) is 0 Å². The van der Waals surface area contributed by atoms with Crippen LogP contribution in [0, 0.1) is 10.1 Å². The van der Waals surface area contributed by atoms with E-state index in [0.717, 1.165) is 0 Å². The van der Waals surface area contributed by atoms with Gasteiger partial charge in [0.05, 0.1) is 21.4 Å². The zero-order valence-corrected chi connectivity index (χ0v) is 11.5. The van der Waals surface area contributed by atoms with E-state index < -0.39 is 15.7 Å². The highest BCUT2D eigenvalue weighted by molar-refractivity contribution is 9.10. The molecule has 0 saturated heterocycles. The summed E-state index contributed by atoms with van der Waals surface area (Å²) in [6.07, 6.45) is 2.89. The van der Waals surface area contributed by atoms with Crippen LogP contribution in [0.25, 0.3) is 5.69 Å². The van der Waals surface area contributed by atoms with E-state index in [9.17, 15) is 14.3 Å². The molecule has 0 amide bonds. The lowest BCUT2D eigenvalue weighted by Gasteiger charge is -2.06. The first-order valence-electron chi connectivity index (χ1n) is 4.68. The van der Waals surface area contributed by atoms with E-state index in [-0.39, 0.29) is 10.8 Å². The van der Waals surface area contributed by atoms with Gasteiger partial charge in [0.2, 0.25) is 5.16 Å². The van der Waals surface area contributed by atoms with Crippen molar-refractivity contribution in [3.8, 4) is 5.69 Å². The van der Waals surface area contributed by atoms with Gasteiger partial charge in [0.1, 0.15) is 6.33 Å². The van der Waals surface area contributed by atoms with Crippen molar-refractivity contribution in [2.75, 3.05) is 6.26 Å². The number of nitro benzene ring substituents is 1. The molecule has 0 N–H and O–H groups in total. The zero-order chi connectivity index (χ0) is 13.3. The van der Waals surface area contributed by atoms with Gasteiger partial charge < -0.3 is 0 Å². The van der Waals surface area contributed by atoms with Crippen molar-refractivity contribution in [2.45, 2.75) is 5.16 Å². The molecule has 1 aromatic carbocycles. The molecule has 0 fully saturated rings. The number of halogens is 1. The maximum Gasteiger partial charge on any atom is 0.270 e. The molecule has 0 aliphatic heterocycles. The minimum Gasteiger partial charge on any atom is -0.273 e. The van der Waals surface area contributed by atoms with E-state index in [2.05, 4.69) is 26.1 Å². The fourth-order valence-electron chi connectivity index (χ4n) is 1.39. The van der Waals surface area contributed by atoms with Crippen LogP contribution in [0.2, 0.25) is 0 Å². The largest absolute Gasteiger partial charge is 0.273 e. The van der Waals surface area contributed by atoms with Gasteiger partial charge in [-0.05, 0) is 22.0 Å². The van der Waals surface area contributed by atoms with Crippen molar-refractivity contribution in [1.82, 2.24) is 14.8 Å². The second-order valence-electron chi connectivity index (χ2n) is 3.33. The Morgan fingerprint density at radius 2 is 2.22 bits per heavy atom. The highest BCUT2D eigenvalue weighted by atomic mass is 79.9. The lowest BCUT2D eigenvalue weighted by Crippen LogP contribution is -2.02. The zero-order valence-electron chi connectivity index (χ0n) is 9.11. The number of non-ortho nitro benzene ring substituents is 1. The standard InChI is InChI=1S/C9H7BrN4O3S/c1-18(17)9-12-11-5-13(9)8-3-2-6(14(15)16)4-7(8)10/h2-5H,1H3/t18-/m0/s1. The van der Waals surface area contributed by atoms with Gasteiger partial charge in [-0.15, -0.1) is 10.2 Å². The molecular weight excluding hydrogens is 324 g/mol. The maximum absolute atomic E-state index is 11.5. The highest BCUT2D eigenvalue weighted by Crippen LogP contribution is 2.26. The van der Waals surface area contributed by atoms with Crippen LogP contribution in [-0.4, -0.2) is 30.2 Å². The Bertz CT molecular complexity index is 642. The van der Waals surface area contributed by atoms with Crippen LogP contribution >= 0.6 is 15.9 Å². The molecule has 0 aliphatic carbocycles. The van der Waals surface area contributed by atoms with E-state index in [4.69, 9.17) is 0 Å². The number of rotatable bonds is 3. The average Bonchev–Trinajstić information content (AvgIpc) is 2.77. The summed E-state index contributed by atoms with van der Waals surface area (Å²) < 4.78 is 13.5. The summed E-state index contributed by atoms with van der Waals surface area (Å²) >= 11 is 3.24. The first-order chi connectivity index (χ1) is 8.50. The number of nitro groups is 1. The Morgan fingerprint density at radius 1 is 1.50 bits per heavy atom. The van der Waals surface area contributed by atoms with Gasteiger partial charge in [0.25, 0.3) is 5.69 Å². The minimum absolute atomic E-state index is 0.0297. The number of hydrogen-bond donors (Lipinski definition) is 0. The molecule has 0 aliphatic rings. The Balaban J connectivity index is 2.55. The van der Waals surface area contributed by atoms with Crippen LogP contribution in [0.15, 0.2) is 34.2 Å². The van der Waals surface area contributed by atoms with Crippen LogP contribution in [0.1, 0.15) is 0 Å². The molecular formula is C9H7BrN4O3S. The molecule has 7 nitrogen and oxygen atoms in total. The van der Waals surface area contributed by atoms with E-state index in [0.29, 0.717) is 10.2 Å². The smallest absolute Gasteiger partial charge is 0.270 e. The maximum atomic E-state index is 11.5. The summed E-state index contributed by atoms with van der Waals surface area (Å²) in [6, 6.07) is 4.28. The SMILES string of the molecule is C[S@](=O)c1nncn1-c1ccc([N+](=O)[O-])cc1Br. The van der Waals surface area contributed by atoms with E-state index in [1.54, 1.807) is 6.07 Å². The molecule has 94 valence electrons. The lowest BCUT2D eigenvalue weighted by atomic mass is 10.3. The van der Waals surface area contributed by atoms with Crippen LogP contribution in [-0.2, 0) is 10.8 Å². The molecule has 0 unspecified atom stereocenters. The summed E-state index contributed by atoms with van der Waals surface area (Å²) in [6.45, 7) is 0. The van der Waals surface area contributed by atoms with Gasteiger partial charge in [-0.1, -0.05) is 0 Å². The van der Waals surface area contributed by atoms with Crippen LogP contribution < -0.4 is 0 Å². The normalized spacial score (nSPS) is 12.3. The van der Waals surface area contributed by atoms with E-state index in [1.165, 1.54) is 29.3 Å². The van der Waals surface area contributed by atoms with Crippen LogP contribution in [0.3, 0.4) is 0 Å².